The summed E-state index contributed by atoms with van der Waals surface area (Å²) < 4.78 is 13.0. The van der Waals surface area contributed by atoms with Gasteiger partial charge in [0, 0.05) is 23.0 Å². The second-order valence-corrected chi connectivity index (χ2v) is 16.7. The molecule has 0 bridgehead atoms. The van der Waals surface area contributed by atoms with Gasteiger partial charge in [-0.1, -0.05) is 44.7 Å². The molecule has 1 heterocycles. The molecule has 0 saturated carbocycles. The standard InChI is InChI=1S/C15H22FSi2/c1-17(2)10-5-11-18(3,4)15(17)12-13-6-8-14(16)9-7-13/h6-9H,5,10-11H2,1-4H3/q+1. The number of rotatable bonds is 1. The van der Waals surface area contributed by atoms with Gasteiger partial charge in [-0.05, 0) is 0 Å². The van der Waals surface area contributed by atoms with Crippen molar-refractivity contribution < 1.29 is 4.39 Å². The molecule has 3 heteroatoms. The Morgan fingerprint density at radius 3 is 1.94 bits per heavy atom. The minimum atomic E-state index is -1.28. The maximum atomic E-state index is 13.0. The van der Waals surface area contributed by atoms with Crippen molar-refractivity contribution in [2.45, 2.75) is 44.7 Å². The third-order valence-corrected chi connectivity index (χ3v) is 14.3. The number of hydrogen-bond acceptors (Lipinski definition) is 0. The van der Waals surface area contributed by atoms with E-state index in [9.17, 15) is 4.39 Å². The Morgan fingerprint density at radius 2 is 1.44 bits per heavy atom. The van der Waals surface area contributed by atoms with Gasteiger partial charge in [-0.15, -0.1) is 0 Å². The quantitative estimate of drug-likeness (QED) is 0.511. The fourth-order valence-electron chi connectivity index (χ4n) is 3.15. The molecule has 0 aliphatic carbocycles. The molecule has 1 fully saturated rings. The van der Waals surface area contributed by atoms with Crippen molar-refractivity contribution in [3.05, 3.63) is 46.5 Å². The van der Waals surface area contributed by atoms with Crippen molar-refractivity contribution in [1.29, 1.82) is 0 Å². The van der Waals surface area contributed by atoms with Crippen molar-refractivity contribution in [1.82, 2.24) is 0 Å². The van der Waals surface area contributed by atoms with Gasteiger partial charge in [-0.3, -0.25) is 0 Å². The van der Waals surface area contributed by atoms with Crippen LogP contribution in [0.2, 0.25) is 38.3 Å². The first-order valence-electron chi connectivity index (χ1n) is 6.72. The summed E-state index contributed by atoms with van der Waals surface area (Å²) in [6, 6.07) is 9.54. The second kappa shape index (κ2) is 4.73. The highest BCUT2D eigenvalue weighted by Gasteiger charge is 2.44. The summed E-state index contributed by atoms with van der Waals surface area (Å²) in [5, 5.41) is 0. The normalized spacial score (nSPS) is 21.5. The minimum Gasteiger partial charge on any atom is -0.204 e. The minimum absolute atomic E-state index is 0.165. The van der Waals surface area contributed by atoms with Crippen molar-refractivity contribution >= 4 is 16.1 Å². The summed E-state index contributed by atoms with van der Waals surface area (Å²) in [4.78, 5) is 1.65. The van der Waals surface area contributed by atoms with Gasteiger partial charge in [0.05, 0.1) is 28.3 Å². The van der Waals surface area contributed by atoms with Crippen LogP contribution in [0.15, 0.2) is 29.1 Å². The van der Waals surface area contributed by atoms with Crippen molar-refractivity contribution in [3.8, 4) is 0 Å². The van der Waals surface area contributed by atoms with Gasteiger partial charge in [0.2, 0.25) is 0 Å². The largest absolute Gasteiger partial charge is 0.204 e. The van der Waals surface area contributed by atoms with E-state index in [0.29, 0.717) is 0 Å². The Bertz CT molecular complexity index is 440. The van der Waals surface area contributed by atoms with Gasteiger partial charge in [0.15, 0.2) is 5.56 Å². The first-order valence-corrected chi connectivity index (χ1v) is 13.1. The van der Waals surface area contributed by atoms with E-state index in [-0.39, 0.29) is 5.82 Å². The van der Waals surface area contributed by atoms with Gasteiger partial charge < -0.3 is 0 Å². The van der Waals surface area contributed by atoms with Gasteiger partial charge in [-0.25, -0.2) is 4.39 Å². The summed E-state index contributed by atoms with van der Waals surface area (Å²) in [5.74, 6) is -0.165. The zero-order valence-corrected chi connectivity index (χ0v) is 13.8. The monoisotopic (exact) mass is 277 g/mol. The molecule has 1 aliphatic heterocycles. The average molecular weight is 278 g/mol. The maximum absolute atomic E-state index is 13.0. The van der Waals surface area contributed by atoms with Crippen LogP contribution < -0.4 is 0 Å². The molecule has 1 aromatic carbocycles. The smallest absolute Gasteiger partial charge is 0.187 e. The zero-order valence-electron chi connectivity index (χ0n) is 11.8. The highest BCUT2D eigenvalue weighted by atomic mass is 28.4. The van der Waals surface area contributed by atoms with Gasteiger partial charge in [0.1, 0.15) is 5.82 Å². The molecule has 18 heavy (non-hydrogen) atoms. The van der Waals surface area contributed by atoms with Crippen LogP contribution >= 0.6 is 0 Å². The van der Waals surface area contributed by atoms with Gasteiger partial charge in [-0.2, -0.15) is 0 Å². The number of hydrogen-bond donors (Lipinski definition) is 0. The van der Waals surface area contributed by atoms with E-state index >= 15 is 0 Å². The molecule has 2 rings (SSSR count). The maximum Gasteiger partial charge on any atom is 0.187 e. The molecular weight excluding hydrogens is 255 g/mol. The molecule has 0 radical (unpaired) electrons. The molecule has 0 unspecified atom stereocenters. The van der Waals surface area contributed by atoms with Crippen LogP contribution in [0.4, 0.5) is 4.39 Å². The number of halogens is 1. The summed E-state index contributed by atoms with van der Waals surface area (Å²) in [7, 11) is -2.56. The molecule has 1 aromatic rings. The molecule has 0 atom stereocenters. The molecule has 0 aromatic heterocycles. The Labute approximate surface area is 112 Å². The lowest BCUT2D eigenvalue weighted by atomic mass is 10.2. The molecule has 1 aliphatic rings. The Balaban J connectivity index is 2.41. The van der Waals surface area contributed by atoms with Crippen LogP contribution in [0, 0.1) is 11.9 Å². The lowest BCUT2D eigenvalue weighted by Gasteiger charge is -2.38. The lowest BCUT2D eigenvalue weighted by Crippen LogP contribution is -2.48. The fraction of sp³-hybridized carbons (Fsp3) is 0.467. The van der Waals surface area contributed by atoms with E-state index in [0.717, 1.165) is 5.56 Å². The average Bonchev–Trinajstić information content (AvgIpc) is 2.25. The van der Waals surface area contributed by atoms with Crippen molar-refractivity contribution in [2.24, 2.45) is 0 Å². The molecule has 0 amide bonds. The van der Waals surface area contributed by atoms with E-state index in [4.69, 9.17) is 0 Å². The van der Waals surface area contributed by atoms with Crippen LogP contribution in [0.1, 0.15) is 12.0 Å². The third kappa shape index (κ3) is 2.79. The Morgan fingerprint density at radius 1 is 0.944 bits per heavy atom. The fourth-order valence-corrected chi connectivity index (χ4v) is 15.2. The highest BCUT2D eigenvalue weighted by molar-refractivity contribution is 7.06. The summed E-state index contributed by atoms with van der Waals surface area (Å²) in [6.45, 7) is 9.86. The zero-order chi connectivity index (χ0) is 13.4. The first kappa shape index (κ1) is 13.7. The van der Waals surface area contributed by atoms with E-state index in [1.807, 2.05) is 12.1 Å². The summed E-state index contributed by atoms with van der Waals surface area (Å²) >= 11 is 0. The van der Waals surface area contributed by atoms with Crippen molar-refractivity contribution in [3.63, 3.8) is 0 Å². The van der Waals surface area contributed by atoms with Crippen LogP contribution in [0.3, 0.4) is 0 Å². The Kier molecular flexibility index (Phi) is 3.59. The van der Waals surface area contributed by atoms with Crippen LogP contribution in [-0.2, 0) is 0 Å². The topological polar surface area (TPSA) is 0 Å². The SMILES string of the molecule is C[Si]1(C)CCC[Si](C)(C)C1=[C+]c1ccc(F)cc1. The Hall–Kier alpha value is -0.766. The first-order chi connectivity index (χ1) is 8.31. The lowest BCUT2D eigenvalue weighted by molar-refractivity contribution is 0.627. The van der Waals surface area contributed by atoms with Crippen LogP contribution in [-0.4, -0.2) is 16.1 Å². The third-order valence-electron chi connectivity index (χ3n) is 4.07. The van der Waals surface area contributed by atoms with E-state index in [1.165, 1.54) is 30.6 Å². The molecular formula is C15H22FSi2+. The van der Waals surface area contributed by atoms with E-state index in [2.05, 4.69) is 32.3 Å². The second-order valence-electron chi connectivity index (χ2n) is 6.63. The van der Waals surface area contributed by atoms with E-state index in [1.54, 1.807) is 4.82 Å². The van der Waals surface area contributed by atoms with E-state index < -0.39 is 16.1 Å². The molecule has 0 nitrogen and oxygen atoms in total. The summed E-state index contributed by atoms with van der Waals surface area (Å²) in [5.41, 5.74) is 1.05. The summed E-state index contributed by atoms with van der Waals surface area (Å²) in [6.07, 6.45) is 5.06. The van der Waals surface area contributed by atoms with Crippen LogP contribution in [0.25, 0.3) is 0 Å². The molecule has 96 valence electrons. The predicted molar refractivity (Wildman–Crippen MR) is 81.5 cm³/mol. The predicted octanol–water partition coefficient (Wildman–Crippen LogP) is 4.80. The number of benzene rings is 1. The molecule has 0 spiro atoms. The van der Waals surface area contributed by atoms with Gasteiger partial charge >= 0.3 is 0 Å². The van der Waals surface area contributed by atoms with Crippen LogP contribution in [0.5, 0.6) is 0 Å². The molecule has 1 saturated heterocycles. The van der Waals surface area contributed by atoms with Crippen molar-refractivity contribution in [2.75, 3.05) is 0 Å². The highest BCUT2D eigenvalue weighted by Crippen LogP contribution is 2.39. The molecule has 0 N–H and O–H groups in total. The van der Waals surface area contributed by atoms with Gasteiger partial charge in [0.25, 0.3) is 0 Å².